The number of ether oxygens (including phenoxy) is 3. The lowest BCUT2D eigenvalue weighted by atomic mass is 9.89. The number of carbonyl (C=O) groups is 4. The van der Waals surface area contributed by atoms with Crippen molar-refractivity contribution in [2.24, 2.45) is 0 Å². The zero-order chi connectivity index (χ0) is 23.5. The molecule has 1 N–H and O–H groups in total. The van der Waals surface area contributed by atoms with Crippen LogP contribution in [0.1, 0.15) is 41.7 Å². The average molecular weight is 478 g/mol. The highest BCUT2D eigenvalue weighted by Gasteiger charge is 2.58. The molecule has 2 heterocycles. The number of thiophene rings is 1. The predicted octanol–water partition coefficient (Wildman–Crippen LogP) is 4.00. The van der Waals surface area contributed by atoms with Crippen LogP contribution >= 0.6 is 22.9 Å². The Morgan fingerprint density at radius 2 is 1.72 bits per heavy atom. The Kier molecular flexibility index (Phi) is 7.00. The first kappa shape index (κ1) is 23.5. The molecule has 0 aliphatic carbocycles. The number of hydrogen-bond acceptors (Lipinski definition) is 8. The van der Waals surface area contributed by atoms with E-state index in [1.807, 2.05) is 0 Å². The summed E-state index contributed by atoms with van der Waals surface area (Å²) in [4.78, 5) is 55.2. The molecule has 0 spiro atoms. The SMILES string of the molecule is CCOC(=O)C(OC(C)=O)(C(=O)OCC)c1c(C(=O)c2cccs2)[nH]c2cc(Cl)ccc12. The Morgan fingerprint density at radius 1 is 1.06 bits per heavy atom. The molecular formula is C22H20ClNO7S. The number of esters is 3. The largest absolute Gasteiger partial charge is 0.462 e. The van der Waals surface area contributed by atoms with E-state index in [2.05, 4.69) is 4.98 Å². The summed E-state index contributed by atoms with van der Waals surface area (Å²) in [6.07, 6.45) is 0. The molecule has 0 bridgehead atoms. The van der Waals surface area contributed by atoms with Crippen LogP contribution in [0.4, 0.5) is 0 Å². The lowest BCUT2D eigenvalue weighted by Gasteiger charge is -2.29. The minimum absolute atomic E-state index is 0.107. The summed E-state index contributed by atoms with van der Waals surface area (Å²) < 4.78 is 15.6. The van der Waals surface area contributed by atoms with Gasteiger partial charge in [-0.05, 0) is 37.4 Å². The molecule has 3 rings (SSSR count). The molecular weight excluding hydrogens is 458 g/mol. The van der Waals surface area contributed by atoms with Gasteiger partial charge < -0.3 is 19.2 Å². The van der Waals surface area contributed by atoms with Gasteiger partial charge in [0.1, 0.15) is 0 Å². The van der Waals surface area contributed by atoms with E-state index in [1.165, 1.54) is 43.4 Å². The summed E-state index contributed by atoms with van der Waals surface area (Å²) in [7, 11) is 0. The molecule has 0 unspecified atom stereocenters. The van der Waals surface area contributed by atoms with Gasteiger partial charge in [-0.3, -0.25) is 9.59 Å². The third kappa shape index (κ3) is 4.13. The second-order valence-electron chi connectivity index (χ2n) is 6.59. The van der Waals surface area contributed by atoms with Crippen molar-refractivity contribution < 1.29 is 33.4 Å². The van der Waals surface area contributed by atoms with Gasteiger partial charge in [0.15, 0.2) is 0 Å². The zero-order valence-corrected chi connectivity index (χ0v) is 19.1. The molecule has 0 saturated heterocycles. The van der Waals surface area contributed by atoms with Crippen LogP contribution in [0.5, 0.6) is 0 Å². The second-order valence-corrected chi connectivity index (χ2v) is 7.97. The van der Waals surface area contributed by atoms with Crippen LogP contribution in [0.15, 0.2) is 35.7 Å². The predicted molar refractivity (Wildman–Crippen MR) is 118 cm³/mol. The monoisotopic (exact) mass is 477 g/mol. The number of benzene rings is 1. The molecule has 0 atom stereocenters. The number of rotatable bonds is 8. The van der Waals surface area contributed by atoms with Gasteiger partial charge in [-0.25, -0.2) is 9.59 Å². The molecule has 0 saturated carbocycles. The molecule has 8 nitrogen and oxygen atoms in total. The highest BCUT2D eigenvalue weighted by atomic mass is 35.5. The maximum Gasteiger partial charge on any atom is 0.367 e. The third-order valence-electron chi connectivity index (χ3n) is 4.51. The van der Waals surface area contributed by atoms with Gasteiger partial charge in [-0.1, -0.05) is 23.7 Å². The van der Waals surface area contributed by atoms with Crippen LogP contribution in [0, 0.1) is 0 Å². The third-order valence-corrected chi connectivity index (χ3v) is 5.61. The molecule has 0 amide bonds. The zero-order valence-electron chi connectivity index (χ0n) is 17.5. The first-order valence-corrected chi connectivity index (χ1v) is 11.0. The summed E-state index contributed by atoms with van der Waals surface area (Å²) in [5, 5.41) is 2.34. The van der Waals surface area contributed by atoms with E-state index in [4.69, 9.17) is 25.8 Å². The van der Waals surface area contributed by atoms with Gasteiger partial charge in [0.25, 0.3) is 0 Å². The number of ketones is 1. The topological polar surface area (TPSA) is 112 Å². The van der Waals surface area contributed by atoms with Crippen molar-refractivity contribution in [1.29, 1.82) is 0 Å². The molecule has 0 aliphatic heterocycles. The molecule has 2 aromatic heterocycles. The quantitative estimate of drug-likeness (QED) is 0.226. The number of halogens is 1. The highest BCUT2D eigenvalue weighted by molar-refractivity contribution is 7.12. The van der Waals surface area contributed by atoms with Crippen molar-refractivity contribution in [2.45, 2.75) is 26.4 Å². The minimum atomic E-state index is -2.66. The van der Waals surface area contributed by atoms with Gasteiger partial charge in [0, 0.05) is 22.8 Å². The van der Waals surface area contributed by atoms with E-state index in [1.54, 1.807) is 17.5 Å². The standard InChI is InChI=1S/C22H20ClNO7S/c1-4-29-20(27)22(31-12(3)25,21(28)30-5-2)17-14-9-8-13(23)11-15(14)24-18(17)19(26)16-7-6-10-32-16/h6-11,24H,4-5H2,1-3H3. The van der Waals surface area contributed by atoms with Crippen LogP contribution in [0.2, 0.25) is 5.02 Å². The van der Waals surface area contributed by atoms with E-state index >= 15 is 0 Å². The van der Waals surface area contributed by atoms with Crippen LogP contribution in [-0.4, -0.2) is 41.9 Å². The molecule has 1 aromatic carbocycles. The fourth-order valence-electron chi connectivity index (χ4n) is 3.34. The smallest absolute Gasteiger partial charge is 0.367 e. The van der Waals surface area contributed by atoms with E-state index in [-0.39, 0.29) is 29.9 Å². The lowest BCUT2D eigenvalue weighted by molar-refractivity contribution is -0.197. The van der Waals surface area contributed by atoms with Crippen LogP contribution < -0.4 is 0 Å². The lowest BCUT2D eigenvalue weighted by Crippen LogP contribution is -2.50. The molecule has 32 heavy (non-hydrogen) atoms. The molecule has 0 aliphatic rings. The average Bonchev–Trinajstić information content (AvgIpc) is 3.39. The summed E-state index contributed by atoms with van der Waals surface area (Å²) >= 11 is 7.28. The fraction of sp³-hybridized carbons (Fsp3) is 0.273. The molecule has 0 radical (unpaired) electrons. The summed E-state index contributed by atoms with van der Waals surface area (Å²) in [6, 6.07) is 7.85. The van der Waals surface area contributed by atoms with Crippen LogP contribution in [0.25, 0.3) is 10.9 Å². The maximum atomic E-state index is 13.4. The second kappa shape index (κ2) is 9.54. The van der Waals surface area contributed by atoms with E-state index < -0.39 is 29.3 Å². The normalized spacial score (nSPS) is 11.2. The Balaban J connectivity index is 2.44. The van der Waals surface area contributed by atoms with Gasteiger partial charge >= 0.3 is 23.5 Å². The molecule has 3 aromatic rings. The van der Waals surface area contributed by atoms with Gasteiger partial charge in [0.05, 0.1) is 29.3 Å². The summed E-state index contributed by atoms with van der Waals surface area (Å²) in [5.41, 5.74) is -2.59. The summed E-state index contributed by atoms with van der Waals surface area (Å²) in [6.45, 7) is 3.90. The van der Waals surface area contributed by atoms with Crippen molar-refractivity contribution in [3.05, 3.63) is 56.9 Å². The van der Waals surface area contributed by atoms with Crippen molar-refractivity contribution in [1.82, 2.24) is 4.98 Å². The molecule has 0 fully saturated rings. The Bertz CT molecular complexity index is 1160. The van der Waals surface area contributed by atoms with Crippen LogP contribution in [0.3, 0.4) is 0 Å². The number of carbonyl (C=O) groups excluding carboxylic acids is 4. The van der Waals surface area contributed by atoms with Crippen molar-refractivity contribution in [2.75, 3.05) is 13.2 Å². The van der Waals surface area contributed by atoms with E-state index in [0.717, 1.165) is 6.92 Å². The number of aromatic amines is 1. The minimum Gasteiger partial charge on any atom is -0.462 e. The van der Waals surface area contributed by atoms with Crippen molar-refractivity contribution >= 4 is 57.5 Å². The Morgan fingerprint density at radius 3 is 2.25 bits per heavy atom. The Labute approximate surface area is 192 Å². The van der Waals surface area contributed by atoms with Gasteiger partial charge in [0.2, 0.25) is 5.78 Å². The van der Waals surface area contributed by atoms with Crippen molar-refractivity contribution in [3.63, 3.8) is 0 Å². The van der Waals surface area contributed by atoms with E-state index in [9.17, 15) is 19.2 Å². The van der Waals surface area contributed by atoms with Crippen LogP contribution in [-0.2, 0) is 34.2 Å². The van der Waals surface area contributed by atoms with Gasteiger partial charge in [-0.15, -0.1) is 11.3 Å². The number of hydrogen-bond donors (Lipinski definition) is 1. The fourth-order valence-corrected chi connectivity index (χ4v) is 4.18. The van der Waals surface area contributed by atoms with Gasteiger partial charge in [-0.2, -0.15) is 0 Å². The number of H-pyrrole nitrogens is 1. The first-order valence-electron chi connectivity index (χ1n) is 9.70. The highest BCUT2D eigenvalue weighted by Crippen LogP contribution is 2.40. The maximum absolute atomic E-state index is 13.4. The van der Waals surface area contributed by atoms with E-state index in [0.29, 0.717) is 15.4 Å². The van der Waals surface area contributed by atoms with Crippen molar-refractivity contribution in [3.8, 4) is 0 Å². The number of aromatic nitrogens is 1. The Hall–Kier alpha value is -3.17. The summed E-state index contributed by atoms with van der Waals surface area (Å²) in [5.74, 6) is -3.80. The number of nitrogens with one attached hydrogen (secondary N) is 1. The number of fused-ring (bicyclic) bond motifs is 1. The molecule has 10 heteroatoms. The first-order chi connectivity index (χ1) is 15.3. The molecule has 168 valence electrons.